The van der Waals surface area contributed by atoms with E-state index in [-0.39, 0.29) is 31.3 Å². The van der Waals surface area contributed by atoms with E-state index in [4.69, 9.17) is 16.3 Å². The molecule has 2 amide bonds. The molecule has 0 radical (unpaired) electrons. The Morgan fingerprint density at radius 3 is 2.38 bits per heavy atom. The maximum atomic E-state index is 13.2. The maximum absolute atomic E-state index is 13.2. The van der Waals surface area contributed by atoms with Crippen LogP contribution in [0.15, 0.2) is 54.2 Å². The normalized spacial score (nSPS) is 14.0. The number of likely N-dealkylation sites (N-methyl/N-ethyl adjacent to an activating group) is 1. The van der Waals surface area contributed by atoms with Crippen molar-refractivity contribution in [1.29, 1.82) is 0 Å². The number of amides is 2. The smallest absolute Gasteiger partial charge is 0.278 e. The standard InChI is InChI=1S/C22H23ClN2O4/c1-3-29-17-10-8-15(9-11-17)19-20(24(2)12-13-26)22(28)25(21(19)27)14-16-6-4-5-7-18(16)23/h4-11,26H,3,12-14H2,1-2H3. The predicted molar refractivity (Wildman–Crippen MR) is 111 cm³/mol. The van der Waals surface area contributed by atoms with Gasteiger partial charge in [-0.2, -0.15) is 0 Å². The van der Waals surface area contributed by atoms with Gasteiger partial charge in [-0.15, -0.1) is 0 Å². The van der Waals surface area contributed by atoms with Crippen LogP contribution >= 0.6 is 11.6 Å². The molecule has 0 bridgehead atoms. The monoisotopic (exact) mass is 414 g/mol. The molecule has 0 saturated carbocycles. The van der Waals surface area contributed by atoms with Crippen molar-refractivity contribution >= 4 is 29.0 Å². The highest BCUT2D eigenvalue weighted by Gasteiger charge is 2.40. The summed E-state index contributed by atoms with van der Waals surface area (Å²) in [7, 11) is 1.68. The second kappa shape index (κ2) is 9.11. The topological polar surface area (TPSA) is 70.1 Å². The van der Waals surface area contributed by atoms with E-state index in [1.54, 1.807) is 54.4 Å². The van der Waals surface area contributed by atoms with Crippen LogP contribution in [-0.2, 0) is 16.1 Å². The second-order valence-electron chi connectivity index (χ2n) is 6.61. The highest BCUT2D eigenvalue weighted by Crippen LogP contribution is 2.33. The van der Waals surface area contributed by atoms with Crippen molar-refractivity contribution in [3.63, 3.8) is 0 Å². The van der Waals surface area contributed by atoms with E-state index in [0.717, 1.165) is 0 Å². The minimum atomic E-state index is -0.408. The summed E-state index contributed by atoms with van der Waals surface area (Å²) in [4.78, 5) is 29.2. The Hall–Kier alpha value is -2.83. The highest BCUT2D eigenvalue weighted by atomic mass is 35.5. The predicted octanol–water partition coefficient (Wildman–Crippen LogP) is 2.94. The molecular formula is C22H23ClN2O4. The first-order valence-electron chi connectivity index (χ1n) is 9.37. The zero-order valence-electron chi connectivity index (χ0n) is 16.4. The van der Waals surface area contributed by atoms with Crippen LogP contribution in [0.3, 0.4) is 0 Å². The first-order chi connectivity index (χ1) is 14.0. The lowest BCUT2D eigenvalue weighted by atomic mass is 10.0. The lowest BCUT2D eigenvalue weighted by Gasteiger charge is -2.20. The third kappa shape index (κ3) is 4.28. The van der Waals surface area contributed by atoms with E-state index >= 15 is 0 Å². The fraction of sp³-hybridized carbons (Fsp3) is 0.273. The zero-order chi connectivity index (χ0) is 21.0. The molecule has 2 aromatic carbocycles. The summed E-state index contributed by atoms with van der Waals surface area (Å²) in [5.41, 5.74) is 1.88. The van der Waals surface area contributed by atoms with Crippen molar-refractivity contribution in [2.24, 2.45) is 0 Å². The van der Waals surface area contributed by atoms with Gasteiger partial charge in [0.1, 0.15) is 11.4 Å². The number of imide groups is 1. The number of aliphatic hydroxyl groups excluding tert-OH is 1. The summed E-state index contributed by atoms with van der Waals surface area (Å²) < 4.78 is 5.46. The minimum Gasteiger partial charge on any atom is -0.494 e. The first-order valence-corrected chi connectivity index (χ1v) is 9.74. The van der Waals surface area contributed by atoms with Crippen molar-refractivity contribution in [2.45, 2.75) is 13.5 Å². The minimum absolute atomic E-state index is 0.0777. The van der Waals surface area contributed by atoms with Gasteiger partial charge >= 0.3 is 0 Å². The fourth-order valence-corrected chi connectivity index (χ4v) is 3.46. The average molecular weight is 415 g/mol. The number of carbonyl (C=O) groups is 2. The Morgan fingerprint density at radius 1 is 1.07 bits per heavy atom. The Kier molecular flexibility index (Phi) is 6.56. The van der Waals surface area contributed by atoms with Gasteiger partial charge in [0, 0.05) is 18.6 Å². The van der Waals surface area contributed by atoms with Gasteiger partial charge in [0.15, 0.2) is 0 Å². The molecule has 0 aromatic heterocycles. The molecule has 0 aliphatic carbocycles. The van der Waals surface area contributed by atoms with E-state index < -0.39 is 5.91 Å². The van der Waals surface area contributed by atoms with Crippen LogP contribution in [0.25, 0.3) is 5.57 Å². The molecule has 1 N–H and O–H groups in total. The van der Waals surface area contributed by atoms with Crippen LogP contribution in [0, 0.1) is 0 Å². The number of halogens is 1. The van der Waals surface area contributed by atoms with E-state index in [9.17, 15) is 14.7 Å². The molecule has 1 aliphatic heterocycles. The number of hydrogen-bond donors (Lipinski definition) is 1. The number of nitrogens with zero attached hydrogens (tertiary/aromatic N) is 2. The Morgan fingerprint density at radius 2 is 1.76 bits per heavy atom. The van der Waals surface area contributed by atoms with Crippen molar-refractivity contribution in [2.75, 3.05) is 26.8 Å². The Balaban J connectivity index is 2.00. The molecule has 0 atom stereocenters. The molecule has 2 aromatic rings. The summed E-state index contributed by atoms with van der Waals surface area (Å²) in [6.45, 7) is 2.60. The number of benzene rings is 2. The van der Waals surface area contributed by atoms with E-state index in [2.05, 4.69) is 0 Å². The van der Waals surface area contributed by atoms with Gasteiger partial charge in [-0.1, -0.05) is 41.9 Å². The Bertz CT molecular complexity index is 940. The van der Waals surface area contributed by atoms with Crippen molar-refractivity contribution < 1.29 is 19.4 Å². The maximum Gasteiger partial charge on any atom is 0.278 e. The van der Waals surface area contributed by atoms with Gasteiger partial charge in [-0.3, -0.25) is 14.5 Å². The first kappa shape index (κ1) is 20.9. The quantitative estimate of drug-likeness (QED) is 0.672. The van der Waals surface area contributed by atoms with Crippen LogP contribution in [0.1, 0.15) is 18.1 Å². The van der Waals surface area contributed by atoms with E-state index in [1.807, 2.05) is 13.0 Å². The van der Waals surface area contributed by atoms with Gasteiger partial charge in [0.05, 0.1) is 25.3 Å². The molecule has 0 unspecified atom stereocenters. The van der Waals surface area contributed by atoms with Crippen molar-refractivity contribution in [1.82, 2.24) is 9.80 Å². The van der Waals surface area contributed by atoms with Crippen LogP contribution < -0.4 is 4.74 Å². The molecule has 152 valence electrons. The average Bonchev–Trinajstić information content (AvgIpc) is 2.95. The summed E-state index contributed by atoms with van der Waals surface area (Å²) >= 11 is 6.23. The molecule has 1 heterocycles. The van der Waals surface area contributed by atoms with E-state index in [0.29, 0.717) is 34.1 Å². The van der Waals surface area contributed by atoms with Crippen molar-refractivity contribution in [3.05, 3.63) is 70.4 Å². The lowest BCUT2D eigenvalue weighted by Crippen LogP contribution is -2.34. The molecule has 7 heteroatoms. The van der Waals surface area contributed by atoms with Crippen molar-refractivity contribution in [3.8, 4) is 5.75 Å². The largest absolute Gasteiger partial charge is 0.494 e. The van der Waals surface area contributed by atoms with Crippen LogP contribution in [-0.4, -0.2) is 53.5 Å². The van der Waals surface area contributed by atoms with Gasteiger partial charge in [-0.05, 0) is 36.2 Å². The summed E-state index contributed by atoms with van der Waals surface area (Å²) in [6, 6.07) is 14.2. The number of carbonyl (C=O) groups excluding carboxylic acids is 2. The third-order valence-corrected chi connectivity index (χ3v) is 5.07. The van der Waals surface area contributed by atoms with Gasteiger partial charge in [0.2, 0.25) is 0 Å². The van der Waals surface area contributed by atoms with Gasteiger partial charge in [0.25, 0.3) is 11.8 Å². The zero-order valence-corrected chi connectivity index (χ0v) is 17.1. The van der Waals surface area contributed by atoms with Crippen LogP contribution in [0.2, 0.25) is 5.02 Å². The number of aliphatic hydroxyl groups is 1. The van der Waals surface area contributed by atoms with Crippen LogP contribution in [0.4, 0.5) is 0 Å². The third-order valence-electron chi connectivity index (χ3n) is 4.70. The molecule has 3 rings (SSSR count). The summed E-state index contributed by atoms with van der Waals surface area (Å²) in [5.74, 6) is -0.111. The fourth-order valence-electron chi connectivity index (χ4n) is 3.26. The molecule has 0 spiro atoms. The number of ether oxygens (including phenoxy) is 1. The second-order valence-corrected chi connectivity index (χ2v) is 7.02. The van der Waals surface area contributed by atoms with E-state index in [1.165, 1.54) is 4.90 Å². The Labute approximate surface area is 174 Å². The lowest BCUT2D eigenvalue weighted by molar-refractivity contribution is -0.138. The molecule has 0 fully saturated rings. The summed E-state index contributed by atoms with van der Waals surface area (Å²) in [5, 5.41) is 9.82. The molecule has 0 saturated heterocycles. The summed E-state index contributed by atoms with van der Waals surface area (Å²) in [6.07, 6.45) is 0. The molecular weight excluding hydrogens is 392 g/mol. The SMILES string of the molecule is CCOc1ccc(C2=C(N(C)CCO)C(=O)N(Cc3ccccc3Cl)C2=O)cc1. The molecule has 29 heavy (non-hydrogen) atoms. The van der Waals surface area contributed by atoms with Crippen LogP contribution in [0.5, 0.6) is 5.75 Å². The molecule has 6 nitrogen and oxygen atoms in total. The number of rotatable bonds is 8. The number of hydrogen-bond acceptors (Lipinski definition) is 5. The van der Waals surface area contributed by atoms with Gasteiger partial charge in [-0.25, -0.2) is 0 Å². The highest BCUT2D eigenvalue weighted by molar-refractivity contribution is 6.35. The van der Waals surface area contributed by atoms with Gasteiger partial charge < -0.3 is 14.7 Å². The molecule has 1 aliphatic rings.